The molecular weight excluding hydrogens is 330 g/mol. The van der Waals surface area contributed by atoms with Crippen LogP contribution in [-0.4, -0.2) is 19.6 Å². The second kappa shape index (κ2) is 6.88. The van der Waals surface area contributed by atoms with Gasteiger partial charge >= 0.3 is 0 Å². The van der Waals surface area contributed by atoms with Crippen molar-refractivity contribution in [3.8, 4) is 0 Å². The lowest BCUT2D eigenvalue weighted by molar-refractivity contribution is 0.0920. The number of thiophene rings is 1. The molecule has 2 heterocycles. The zero-order chi connectivity index (χ0) is 13.7. The number of nitrogens with one attached hydrogen (secondary N) is 1. The van der Waals surface area contributed by atoms with Gasteiger partial charge in [0, 0.05) is 18.2 Å². The van der Waals surface area contributed by atoms with Crippen LogP contribution < -0.4 is 5.32 Å². The molecule has 1 atom stereocenters. The highest BCUT2D eigenvalue weighted by Gasteiger charge is 2.20. The Hall–Kier alpha value is -1.11. The predicted molar refractivity (Wildman–Crippen MR) is 77.4 cm³/mol. The van der Waals surface area contributed by atoms with Crippen molar-refractivity contribution in [1.29, 1.82) is 0 Å². The molecule has 0 saturated heterocycles. The summed E-state index contributed by atoms with van der Waals surface area (Å²) >= 11 is 4.76. The molecule has 0 aliphatic heterocycles. The summed E-state index contributed by atoms with van der Waals surface area (Å²) in [6.07, 6.45) is 2.26. The third kappa shape index (κ3) is 3.68. The predicted octanol–water partition coefficient (Wildman–Crippen LogP) is 3.61. The number of carbonyl (C=O) groups is 1. The van der Waals surface area contributed by atoms with E-state index in [1.54, 1.807) is 13.4 Å². The largest absolute Gasteiger partial charge is 0.467 e. The Morgan fingerprint density at radius 3 is 3.00 bits per heavy atom. The van der Waals surface area contributed by atoms with Gasteiger partial charge in [-0.2, -0.15) is 0 Å². The molecule has 0 radical (unpaired) electrons. The number of amides is 1. The van der Waals surface area contributed by atoms with Crippen molar-refractivity contribution in [2.24, 2.45) is 0 Å². The zero-order valence-corrected chi connectivity index (χ0v) is 12.8. The van der Waals surface area contributed by atoms with Crippen LogP contribution in [0.5, 0.6) is 0 Å². The van der Waals surface area contributed by atoms with Gasteiger partial charge in [-0.25, -0.2) is 0 Å². The van der Waals surface area contributed by atoms with Crippen molar-refractivity contribution < 1.29 is 13.9 Å². The first-order chi connectivity index (χ1) is 9.22. The maximum absolute atomic E-state index is 12.2. The number of rotatable bonds is 6. The Kier molecular flexibility index (Phi) is 5.18. The van der Waals surface area contributed by atoms with Crippen LogP contribution in [0.25, 0.3) is 0 Å². The smallest absolute Gasteiger partial charge is 0.263 e. The molecule has 2 aromatic rings. The van der Waals surface area contributed by atoms with Gasteiger partial charge in [0.05, 0.1) is 12.3 Å². The third-order valence-electron chi connectivity index (χ3n) is 2.63. The van der Waals surface area contributed by atoms with Crippen LogP contribution in [0.15, 0.2) is 38.7 Å². The molecule has 0 bridgehead atoms. The molecule has 2 rings (SSSR count). The Labute approximate surface area is 123 Å². The van der Waals surface area contributed by atoms with Crippen LogP contribution in [0.3, 0.4) is 0 Å². The molecule has 1 N–H and O–H groups in total. The van der Waals surface area contributed by atoms with Crippen molar-refractivity contribution >= 4 is 33.2 Å². The average Bonchev–Trinajstić information content (AvgIpc) is 3.05. The molecule has 0 saturated carbocycles. The fourth-order valence-electron chi connectivity index (χ4n) is 1.69. The standard InChI is InChI=1S/C13H14BrNO3S/c1-17-7-4-10(11-3-2-6-18-11)15-13(16)12-9(14)5-8-19-12/h2-3,5-6,8,10H,4,7H2,1H3,(H,15,16). The lowest BCUT2D eigenvalue weighted by atomic mass is 10.1. The number of halogens is 1. The molecule has 1 amide bonds. The van der Waals surface area contributed by atoms with E-state index >= 15 is 0 Å². The van der Waals surface area contributed by atoms with Gasteiger partial charge in [-0.1, -0.05) is 0 Å². The highest BCUT2D eigenvalue weighted by Crippen LogP contribution is 2.24. The minimum Gasteiger partial charge on any atom is -0.467 e. The number of carbonyl (C=O) groups excluding carboxylic acids is 1. The van der Waals surface area contributed by atoms with E-state index in [0.29, 0.717) is 17.9 Å². The Balaban J connectivity index is 2.08. The molecule has 4 nitrogen and oxygen atoms in total. The summed E-state index contributed by atoms with van der Waals surface area (Å²) in [5.74, 6) is 0.623. The summed E-state index contributed by atoms with van der Waals surface area (Å²) < 4.78 is 11.2. The van der Waals surface area contributed by atoms with Gasteiger partial charge in [0.25, 0.3) is 5.91 Å². The molecule has 0 aliphatic rings. The van der Waals surface area contributed by atoms with Gasteiger partial charge in [-0.3, -0.25) is 4.79 Å². The van der Waals surface area contributed by atoms with Crippen LogP contribution in [0.2, 0.25) is 0 Å². The topological polar surface area (TPSA) is 51.5 Å². The van der Waals surface area contributed by atoms with Crippen molar-refractivity contribution in [2.75, 3.05) is 13.7 Å². The van der Waals surface area contributed by atoms with E-state index in [2.05, 4.69) is 21.2 Å². The molecule has 0 spiro atoms. The van der Waals surface area contributed by atoms with Gasteiger partial charge in [-0.15, -0.1) is 11.3 Å². The number of ether oxygens (including phenoxy) is 1. The molecular formula is C13H14BrNO3S. The van der Waals surface area contributed by atoms with E-state index in [-0.39, 0.29) is 11.9 Å². The van der Waals surface area contributed by atoms with Gasteiger partial charge in [0.2, 0.25) is 0 Å². The molecule has 0 aromatic carbocycles. The molecule has 102 valence electrons. The average molecular weight is 344 g/mol. The highest BCUT2D eigenvalue weighted by molar-refractivity contribution is 9.10. The summed E-state index contributed by atoms with van der Waals surface area (Å²) in [6, 6.07) is 5.33. The van der Waals surface area contributed by atoms with E-state index in [1.165, 1.54) is 11.3 Å². The fraction of sp³-hybridized carbons (Fsp3) is 0.308. The van der Waals surface area contributed by atoms with E-state index in [4.69, 9.17) is 9.15 Å². The second-order valence-corrected chi connectivity index (χ2v) is 5.69. The van der Waals surface area contributed by atoms with Gasteiger partial charge in [0.1, 0.15) is 10.6 Å². The molecule has 2 aromatic heterocycles. The molecule has 0 fully saturated rings. The van der Waals surface area contributed by atoms with Crippen LogP contribution >= 0.6 is 27.3 Å². The van der Waals surface area contributed by atoms with E-state index in [0.717, 1.165) is 10.2 Å². The first kappa shape index (κ1) is 14.3. The molecule has 19 heavy (non-hydrogen) atoms. The van der Waals surface area contributed by atoms with Crippen LogP contribution in [0, 0.1) is 0 Å². The monoisotopic (exact) mass is 343 g/mol. The molecule has 1 unspecified atom stereocenters. The Morgan fingerprint density at radius 2 is 2.42 bits per heavy atom. The minimum atomic E-state index is -0.184. The lowest BCUT2D eigenvalue weighted by Gasteiger charge is -2.15. The lowest BCUT2D eigenvalue weighted by Crippen LogP contribution is -2.28. The molecule has 0 aliphatic carbocycles. The first-order valence-electron chi connectivity index (χ1n) is 5.78. The number of methoxy groups -OCH3 is 1. The van der Waals surface area contributed by atoms with Crippen molar-refractivity contribution in [3.63, 3.8) is 0 Å². The van der Waals surface area contributed by atoms with Crippen molar-refractivity contribution in [2.45, 2.75) is 12.5 Å². The highest BCUT2D eigenvalue weighted by atomic mass is 79.9. The number of hydrogen-bond acceptors (Lipinski definition) is 4. The summed E-state index contributed by atoms with van der Waals surface area (Å²) in [4.78, 5) is 12.8. The van der Waals surface area contributed by atoms with E-state index in [9.17, 15) is 4.79 Å². The van der Waals surface area contributed by atoms with Crippen LogP contribution in [0.4, 0.5) is 0 Å². The number of hydrogen-bond donors (Lipinski definition) is 1. The SMILES string of the molecule is COCCC(NC(=O)c1sccc1Br)c1ccco1. The van der Waals surface area contributed by atoms with Gasteiger partial charge in [0.15, 0.2) is 0 Å². The third-order valence-corrected chi connectivity index (χ3v) is 4.46. The summed E-state index contributed by atoms with van der Waals surface area (Å²) in [5.41, 5.74) is 0. The maximum Gasteiger partial charge on any atom is 0.263 e. The first-order valence-corrected chi connectivity index (χ1v) is 7.46. The fourth-order valence-corrected chi connectivity index (χ4v) is 3.14. The summed E-state index contributed by atoms with van der Waals surface area (Å²) in [6.45, 7) is 0.553. The van der Waals surface area contributed by atoms with E-state index < -0.39 is 0 Å². The Bertz CT molecular complexity index is 524. The molecule has 6 heteroatoms. The normalized spacial score (nSPS) is 12.3. The van der Waals surface area contributed by atoms with Crippen LogP contribution in [0.1, 0.15) is 27.9 Å². The quantitative estimate of drug-likeness (QED) is 0.871. The summed E-state index contributed by atoms with van der Waals surface area (Å²) in [5, 5.41) is 4.84. The zero-order valence-electron chi connectivity index (χ0n) is 10.4. The summed E-state index contributed by atoms with van der Waals surface area (Å²) in [7, 11) is 1.64. The van der Waals surface area contributed by atoms with Gasteiger partial charge < -0.3 is 14.5 Å². The van der Waals surface area contributed by atoms with Crippen molar-refractivity contribution in [3.05, 3.63) is 45.0 Å². The second-order valence-electron chi connectivity index (χ2n) is 3.92. The minimum absolute atomic E-state index is 0.112. The maximum atomic E-state index is 12.2. The van der Waals surface area contributed by atoms with Crippen LogP contribution in [-0.2, 0) is 4.74 Å². The van der Waals surface area contributed by atoms with Gasteiger partial charge in [-0.05, 0) is 45.9 Å². The number of furan rings is 1. The Morgan fingerprint density at radius 1 is 1.58 bits per heavy atom. The van der Waals surface area contributed by atoms with E-state index in [1.807, 2.05) is 23.6 Å². The van der Waals surface area contributed by atoms with Crippen molar-refractivity contribution in [1.82, 2.24) is 5.32 Å².